The Morgan fingerprint density at radius 2 is 2.06 bits per heavy atom. The molecule has 1 atom stereocenters. The lowest BCUT2D eigenvalue weighted by Gasteiger charge is -2.13. The van der Waals surface area contributed by atoms with Crippen LogP contribution in [0.15, 0.2) is 12.1 Å². The third-order valence-electron chi connectivity index (χ3n) is 2.96. The SMILES string of the molecule is COc1ccc(OC)c2c1NCC2CC(=O)O. The highest BCUT2D eigenvalue weighted by atomic mass is 16.5. The first-order valence-corrected chi connectivity index (χ1v) is 5.38. The Bertz CT molecular complexity index is 444. The van der Waals surface area contributed by atoms with E-state index in [4.69, 9.17) is 14.6 Å². The van der Waals surface area contributed by atoms with Gasteiger partial charge >= 0.3 is 5.97 Å². The number of hydrogen-bond donors (Lipinski definition) is 2. The largest absolute Gasteiger partial charge is 0.496 e. The van der Waals surface area contributed by atoms with Gasteiger partial charge in [0.25, 0.3) is 0 Å². The molecule has 92 valence electrons. The van der Waals surface area contributed by atoms with E-state index in [9.17, 15) is 4.79 Å². The topological polar surface area (TPSA) is 67.8 Å². The van der Waals surface area contributed by atoms with E-state index < -0.39 is 5.97 Å². The van der Waals surface area contributed by atoms with Crippen molar-refractivity contribution in [1.82, 2.24) is 0 Å². The van der Waals surface area contributed by atoms with Gasteiger partial charge in [0.2, 0.25) is 0 Å². The number of nitrogens with one attached hydrogen (secondary N) is 1. The zero-order valence-electron chi connectivity index (χ0n) is 9.82. The lowest BCUT2D eigenvalue weighted by molar-refractivity contribution is -0.137. The quantitative estimate of drug-likeness (QED) is 0.834. The number of hydrogen-bond acceptors (Lipinski definition) is 4. The third-order valence-corrected chi connectivity index (χ3v) is 2.96. The highest BCUT2D eigenvalue weighted by Gasteiger charge is 2.30. The summed E-state index contributed by atoms with van der Waals surface area (Å²) in [6.07, 6.45) is 0.0868. The van der Waals surface area contributed by atoms with Crippen molar-refractivity contribution in [3.05, 3.63) is 17.7 Å². The molecule has 0 spiro atoms. The first-order valence-electron chi connectivity index (χ1n) is 5.38. The molecular formula is C12H15NO4. The Morgan fingerprint density at radius 3 is 2.65 bits per heavy atom. The molecule has 5 heteroatoms. The number of methoxy groups -OCH3 is 2. The van der Waals surface area contributed by atoms with Gasteiger partial charge in [-0.1, -0.05) is 0 Å². The minimum atomic E-state index is -0.811. The standard InChI is InChI=1S/C12H15NO4/c1-16-8-3-4-9(17-2)12-11(8)7(6-13-12)5-10(14)15/h3-4,7,13H,5-6H2,1-2H3,(H,14,15). The molecule has 1 aromatic carbocycles. The van der Waals surface area contributed by atoms with Crippen LogP contribution in [0.1, 0.15) is 17.9 Å². The summed E-state index contributed by atoms with van der Waals surface area (Å²) in [6.45, 7) is 0.596. The number of ether oxygens (including phenoxy) is 2. The fraction of sp³-hybridized carbons (Fsp3) is 0.417. The van der Waals surface area contributed by atoms with E-state index in [0.717, 1.165) is 11.3 Å². The molecule has 0 saturated carbocycles. The van der Waals surface area contributed by atoms with E-state index in [-0.39, 0.29) is 12.3 Å². The molecule has 0 saturated heterocycles. The molecule has 0 bridgehead atoms. The average molecular weight is 237 g/mol. The molecule has 1 aliphatic rings. The summed E-state index contributed by atoms with van der Waals surface area (Å²) in [4.78, 5) is 10.8. The van der Waals surface area contributed by atoms with Crippen LogP contribution in [0.25, 0.3) is 0 Å². The highest BCUT2D eigenvalue weighted by Crippen LogP contribution is 2.45. The molecule has 17 heavy (non-hydrogen) atoms. The van der Waals surface area contributed by atoms with E-state index in [1.165, 1.54) is 0 Å². The highest BCUT2D eigenvalue weighted by molar-refractivity contribution is 5.75. The van der Waals surface area contributed by atoms with Crippen LogP contribution < -0.4 is 14.8 Å². The van der Waals surface area contributed by atoms with E-state index in [1.54, 1.807) is 20.3 Å². The maximum Gasteiger partial charge on any atom is 0.304 e. The van der Waals surface area contributed by atoms with Crippen molar-refractivity contribution in [3.63, 3.8) is 0 Å². The Balaban J connectivity index is 2.44. The van der Waals surface area contributed by atoms with Gasteiger partial charge in [0.15, 0.2) is 0 Å². The van der Waals surface area contributed by atoms with Crippen molar-refractivity contribution < 1.29 is 19.4 Å². The van der Waals surface area contributed by atoms with Gasteiger partial charge in [0.1, 0.15) is 11.5 Å². The van der Waals surface area contributed by atoms with Gasteiger partial charge in [-0.25, -0.2) is 0 Å². The van der Waals surface area contributed by atoms with Crippen LogP contribution in [-0.4, -0.2) is 31.8 Å². The summed E-state index contributed by atoms with van der Waals surface area (Å²) in [5.41, 5.74) is 1.74. The van der Waals surface area contributed by atoms with Gasteiger partial charge in [0, 0.05) is 18.0 Å². The van der Waals surface area contributed by atoms with Crippen molar-refractivity contribution in [1.29, 1.82) is 0 Å². The van der Waals surface area contributed by atoms with E-state index in [1.807, 2.05) is 6.07 Å². The van der Waals surface area contributed by atoms with Crippen molar-refractivity contribution in [2.24, 2.45) is 0 Å². The minimum absolute atomic E-state index is 0.0763. The van der Waals surface area contributed by atoms with Crippen molar-refractivity contribution in [3.8, 4) is 11.5 Å². The Morgan fingerprint density at radius 1 is 1.41 bits per heavy atom. The van der Waals surface area contributed by atoms with Crippen LogP contribution in [0.4, 0.5) is 5.69 Å². The third kappa shape index (κ3) is 2.00. The maximum atomic E-state index is 10.8. The Hall–Kier alpha value is -1.91. The van der Waals surface area contributed by atoms with E-state index in [2.05, 4.69) is 5.32 Å². The predicted molar refractivity (Wildman–Crippen MR) is 63.0 cm³/mol. The molecule has 0 amide bonds. The smallest absolute Gasteiger partial charge is 0.304 e. The lowest BCUT2D eigenvalue weighted by atomic mass is 9.96. The summed E-state index contributed by atoms with van der Waals surface area (Å²) in [5, 5.41) is 12.1. The molecule has 1 unspecified atom stereocenters. The molecule has 1 aromatic rings. The molecule has 1 heterocycles. The Kier molecular flexibility index (Phi) is 3.08. The molecule has 5 nitrogen and oxygen atoms in total. The van der Waals surface area contributed by atoms with Gasteiger partial charge in [0.05, 0.1) is 26.3 Å². The van der Waals surface area contributed by atoms with Crippen molar-refractivity contribution in [2.75, 3.05) is 26.1 Å². The first kappa shape index (κ1) is 11.6. The molecule has 0 fully saturated rings. The molecule has 0 radical (unpaired) electrons. The van der Waals surface area contributed by atoms with Crippen molar-refractivity contribution in [2.45, 2.75) is 12.3 Å². The fourth-order valence-electron chi connectivity index (χ4n) is 2.23. The normalized spacial score (nSPS) is 17.2. The zero-order chi connectivity index (χ0) is 12.4. The van der Waals surface area contributed by atoms with Crippen LogP contribution >= 0.6 is 0 Å². The molecule has 1 aliphatic heterocycles. The number of carbonyl (C=O) groups is 1. The summed E-state index contributed by atoms with van der Waals surface area (Å²) in [6, 6.07) is 3.62. The van der Waals surface area contributed by atoms with Gasteiger partial charge in [-0.2, -0.15) is 0 Å². The average Bonchev–Trinajstić information content (AvgIpc) is 2.71. The van der Waals surface area contributed by atoms with Crippen LogP contribution in [0.2, 0.25) is 0 Å². The van der Waals surface area contributed by atoms with Gasteiger partial charge in [-0.3, -0.25) is 4.79 Å². The number of rotatable bonds is 4. The van der Waals surface area contributed by atoms with E-state index >= 15 is 0 Å². The molecule has 0 aliphatic carbocycles. The van der Waals surface area contributed by atoms with Crippen LogP contribution in [0.3, 0.4) is 0 Å². The van der Waals surface area contributed by atoms with Crippen LogP contribution in [-0.2, 0) is 4.79 Å². The lowest BCUT2D eigenvalue weighted by Crippen LogP contribution is -2.08. The number of fused-ring (bicyclic) bond motifs is 1. The molecular weight excluding hydrogens is 222 g/mol. The van der Waals surface area contributed by atoms with Gasteiger partial charge in [-0.15, -0.1) is 0 Å². The minimum Gasteiger partial charge on any atom is -0.496 e. The predicted octanol–water partition coefficient (Wildman–Crippen LogP) is 1.69. The summed E-state index contributed by atoms with van der Waals surface area (Å²) in [5.74, 6) is 0.535. The number of aliphatic carboxylic acids is 1. The van der Waals surface area contributed by atoms with Crippen LogP contribution in [0, 0.1) is 0 Å². The van der Waals surface area contributed by atoms with E-state index in [0.29, 0.717) is 18.0 Å². The zero-order valence-corrected chi connectivity index (χ0v) is 9.82. The van der Waals surface area contributed by atoms with Gasteiger partial charge in [-0.05, 0) is 12.1 Å². The van der Waals surface area contributed by atoms with Crippen molar-refractivity contribution >= 4 is 11.7 Å². The Labute approximate surface area is 99.3 Å². The maximum absolute atomic E-state index is 10.8. The number of anilines is 1. The molecule has 2 N–H and O–H groups in total. The first-order chi connectivity index (χ1) is 8.17. The number of carboxylic acid groups (broad SMARTS) is 1. The monoisotopic (exact) mass is 237 g/mol. The summed E-state index contributed by atoms with van der Waals surface area (Å²) in [7, 11) is 3.17. The summed E-state index contributed by atoms with van der Waals surface area (Å²) < 4.78 is 10.5. The van der Waals surface area contributed by atoms with Gasteiger partial charge < -0.3 is 19.9 Å². The molecule has 0 aromatic heterocycles. The number of benzene rings is 1. The molecule has 2 rings (SSSR count). The second-order valence-electron chi connectivity index (χ2n) is 3.93. The van der Waals surface area contributed by atoms with Crippen LogP contribution in [0.5, 0.6) is 11.5 Å². The summed E-state index contributed by atoms with van der Waals surface area (Å²) >= 11 is 0. The fourth-order valence-corrected chi connectivity index (χ4v) is 2.23. The second-order valence-corrected chi connectivity index (χ2v) is 3.93. The second kappa shape index (κ2) is 4.53. The number of carboxylic acids is 1.